The number of hydrogen-bond acceptors (Lipinski definition) is 4. The summed E-state index contributed by atoms with van der Waals surface area (Å²) >= 11 is 4.56. The topological polar surface area (TPSA) is 56.1 Å². The second-order valence-corrected chi connectivity index (χ2v) is 6.64. The minimum atomic E-state index is -0.458. The van der Waals surface area contributed by atoms with Crippen LogP contribution in [-0.4, -0.2) is 11.6 Å². The average Bonchev–Trinajstić information content (AvgIpc) is 2.56. The lowest BCUT2D eigenvalue weighted by Gasteiger charge is -2.50. The third-order valence-corrected chi connectivity index (χ3v) is 5.26. The average molecular weight is 327 g/mol. The van der Waals surface area contributed by atoms with E-state index in [0.29, 0.717) is 5.03 Å². The molecule has 4 nitrogen and oxygen atoms in total. The van der Waals surface area contributed by atoms with Crippen LogP contribution >= 0.6 is 12.6 Å². The molecular weight excluding hydrogens is 306 g/mol. The molecule has 120 valence electrons. The summed E-state index contributed by atoms with van der Waals surface area (Å²) in [6.45, 7) is 2.12. The Morgan fingerprint density at radius 3 is 2.48 bits per heavy atom. The number of rotatable bonds is 2. The highest BCUT2D eigenvalue weighted by Crippen LogP contribution is 2.41. The first-order valence-corrected chi connectivity index (χ1v) is 8.61. The molecule has 0 radical (unpaired) electrons. The standard InChI is InChI=1S/C18H21N3OS/c1-2-13-6-8-14(9-7-13)21-17(23)15(12-19)16(22)20-18(21)10-4-3-5-11-18/h6-9,23H,2-5,10-11H2,1H3,(H,20,22). The van der Waals surface area contributed by atoms with Gasteiger partial charge in [-0.25, -0.2) is 0 Å². The number of carbonyl (C=O) groups excluding carboxylic acids is 1. The lowest BCUT2D eigenvalue weighted by molar-refractivity contribution is -0.120. The first-order valence-electron chi connectivity index (χ1n) is 8.16. The number of aryl methyl sites for hydroxylation is 1. The molecule has 1 saturated carbocycles. The molecule has 1 amide bonds. The highest BCUT2D eigenvalue weighted by atomic mass is 32.1. The van der Waals surface area contributed by atoms with E-state index in [1.165, 1.54) is 12.0 Å². The van der Waals surface area contributed by atoms with Crippen molar-refractivity contribution in [2.24, 2.45) is 0 Å². The number of thiol groups is 1. The Hall–Kier alpha value is -1.93. The molecule has 1 heterocycles. The van der Waals surface area contributed by atoms with Crippen molar-refractivity contribution >= 4 is 24.2 Å². The zero-order valence-electron chi connectivity index (χ0n) is 13.3. The Balaban J connectivity index is 2.11. The minimum Gasteiger partial charge on any atom is -0.328 e. The number of amides is 1. The van der Waals surface area contributed by atoms with Crippen LogP contribution < -0.4 is 10.2 Å². The Kier molecular flexibility index (Phi) is 4.36. The van der Waals surface area contributed by atoms with Crippen LogP contribution in [-0.2, 0) is 11.2 Å². The number of nitrogens with zero attached hydrogens (tertiary/aromatic N) is 2. The molecule has 0 saturated heterocycles. The van der Waals surface area contributed by atoms with Gasteiger partial charge in [0.05, 0.1) is 5.03 Å². The normalized spacial score (nSPS) is 20.4. The maximum absolute atomic E-state index is 12.3. The van der Waals surface area contributed by atoms with Gasteiger partial charge in [-0.05, 0) is 49.8 Å². The maximum atomic E-state index is 12.3. The first kappa shape index (κ1) is 15.9. The minimum absolute atomic E-state index is 0.0871. The summed E-state index contributed by atoms with van der Waals surface area (Å²) in [5.74, 6) is -0.305. The van der Waals surface area contributed by atoms with E-state index < -0.39 is 5.66 Å². The van der Waals surface area contributed by atoms with Gasteiger partial charge in [-0.2, -0.15) is 5.26 Å². The second-order valence-electron chi connectivity index (χ2n) is 6.21. The number of benzene rings is 1. The van der Waals surface area contributed by atoms with E-state index in [9.17, 15) is 10.1 Å². The predicted octanol–water partition coefficient (Wildman–Crippen LogP) is 3.51. The van der Waals surface area contributed by atoms with Gasteiger partial charge in [-0.3, -0.25) is 4.79 Å². The molecule has 1 aromatic rings. The van der Waals surface area contributed by atoms with Crippen molar-refractivity contribution < 1.29 is 4.79 Å². The molecule has 0 atom stereocenters. The summed E-state index contributed by atoms with van der Waals surface area (Å²) in [6, 6.07) is 10.3. The fraction of sp³-hybridized carbons (Fsp3) is 0.444. The first-order chi connectivity index (χ1) is 11.1. The fourth-order valence-electron chi connectivity index (χ4n) is 3.58. The number of anilines is 1. The summed E-state index contributed by atoms with van der Waals surface area (Å²) in [7, 11) is 0. The van der Waals surface area contributed by atoms with Crippen molar-refractivity contribution in [1.29, 1.82) is 5.26 Å². The molecule has 0 bridgehead atoms. The molecule has 23 heavy (non-hydrogen) atoms. The Morgan fingerprint density at radius 2 is 1.91 bits per heavy atom. The molecule has 1 spiro atoms. The van der Waals surface area contributed by atoms with E-state index in [-0.39, 0.29) is 11.5 Å². The molecule has 3 rings (SSSR count). The number of hydrogen-bond donors (Lipinski definition) is 2. The molecule has 5 heteroatoms. The lowest BCUT2D eigenvalue weighted by Crippen LogP contribution is -2.64. The van der Waals surface area contributed by atoms with Crippen molar-refractivity contribution in [3.8, 4) is 6.07 Å². The lowest BCUT2D eigenvalue weighted by atomic mass is 9.85. The Morgan fingerprint density at radius 1 is 1.26 bits per heavy atom. The van der Waals surface area contributed by atoms with Crippen molar-refractivity contribution in [2.75, 3.05) is 4.90 Å². The van der Waals surface area contributed by atoms with Gasteiger partial charge in [0.1, 0.15) is 17.3 Å². The summed E-state index contributed by atoms with van der Waals surface area (Å²) in [5.41, 5.74) is 1.86. The molecular formula is C18H21N3OS. The van der Waals surface area contributed by atoms with E-state index in [0.717, 1.165) is 37.8 Å². The van der Waals surface area contributed by atoms with Gasteiger partial charge in [0.25, 0.3) is 5.91 Å². The van der Waals surface area contributed by atoms with Crippen LogP contribution in [0.3, 0.4) is 0 Å². The number of carbonyl (C=O) groups is 1. The molecule has 1 fully saturated rings. The summed E-state index contributed by atoms with van der Waals surface area (Å²) in [6.07, 6.45) is 6.03. The molecule has 1 aliphatic carbocycles. The van der Waals surface area contributed by atoms with Gasteiger partial charge in [0.15, 0.2) is 0 Å². The fourth-order valence-corrected chi connectivity index (χ4v) is 4.04. The molecule has 2 aliphatic rings. The highest BCUT2D eigenvalue weighted by molar-refractivity contribution is 7.84. The van der Waals surface area contributed by atoms with Crippen molar-refractivity contribution in [3.63, 3.8) is 0 Å². The second kappa shape index (κ2) is 6.29. The van der Waals surface area contributed by atoms with E-state index in [1.54, 1.807) is 0 Å². The van der Waals surface area contributed by atoms with Crippen molar-refractivity contribution in [3.05, 3.63) is 40.4 Å². The van der Waals surface area contributed by atoms with Gasteiger partial charge in [0.2, 0.25) is 0 Å². The zero-order chi connectivity index (χ0) is 16.4. The predicted molar refractivity (Wildman–Crippen MR) is 93.9 cm³/mol. The molecule has 0 unspecified atom stereocenters. The highest BCUT2D eigenvalue weighted by Gasteiger charge is 2.45. The van der Waals surface area contributed by atoms with Crippen molar-refractivity contribution in [2.45, 2.75) is 51.1 Å². The molecule has 1 aliphatic heterocycles. The summed E-state index contributed by atoms with van der Waals surface area (Å²) in [5, 5.41) is 12.9. The molecule has 1 N–H and O–H groups in total. The van der Waals surface area contributed by atoms with E-state index in [1.807, 2.05) is 6.07 Å². The number of nitriles is 1. The quantitative estimate of drug-likeness (QED) is 0.817. The van der Waals surface area contributed by atoms with Crippen LogP contribution in [0.1, 0.15) is 44.6 Å². The van der Waals surface area contributed by atoms with Gasteiger partial charge in [-0.1, -0.05) is 25.5 Å². The van der Waals surface area contributed by atoms with Gasteiger partial charge in [0, 0.05) is 5.69 Å². The van der Waals surface area contributed by atoms with Gasteiger partial charge in [-0.15, -0.1) is 12.6 Å². The van der Waals surface area contributed by atoms with Crippen LogP contribution in [0, 0.1) is 11.3 Å². The largest absolute Gasteiger partial charge is 0.328 e. The third-order valence-electron chi connectivity index (χ3n) is 4.83. The smallest absolute Gasteiger partial charge is 0.266 e. The van der Waals surface area contributed by atoms with Crippen LogP contribution in [0.5, 0.6) is 0 Å². The molecule has 1 aromatic carbocycles. The van der Waals surface area contributed by atoms with Crippen LogP contribution in [0.2, 0.25) is 0 Å². The number of nitrogens with one attached hydrogen (secondary N) is 1. The molecule has 0 aromatic heterocycles. The van der Waals surface area contributed by atoms with Crippen LogP contribution in [0.15, 0.2) is 34.9 Å². The summed E-state index contributed by atoms with van der Waals surface area (Å²) < 4.78 is 0. The summed E-state index contributed by atoms with van der Waals surface area (Å²) in [4.78, 5) is 14.4. The zero-order valence-corrected chi connectivity index (χ0v) is 14.2. The van der Waals surface area contributed by atoms with Gasteiger partial charge >= 0.3 is 0 Å². The Bertz CT molecular complexity index is 681. The monoisotopic (exact) mass is 327 g/mol. The maximum Gasteiger partial charge on any atom is 0.266 e. The van der Waals surface area contributed by atoms with Crippen LogP contribution in [0.25, 0.3) is 0 Å². The van der Waals surface area contributed by atoms with E-state index in [4.69, 9.17) is 0 Å². The van der Waals surface area contributed by atoms with Crippen LogP contribution in [0.4, 0.5) is 5.69 Å². The van der Waals surface area contributed by atoms with E-state index >= 15 is 0 Å². The van der Waals surface area contributed by atoms with E-state index in [2.05, 4.69) is 54.0 Å². The Labute approximate surface area is 142 Å². The third kappa shape index (κ3) is 2.72. The SMILES string of the molecule is CCc1ccc(N2C(S)=C(C#N)C(=O)NC23CCCCC3)cc1. The van der Waals surface area contributed by atoms with Gasteiger partial charge < -0.3 is 10.2 Å². The van der Waals surface area contributed by atoms with Crippen molar-refractivity contribution in [1.82, 2.24) is 5.32 Å².